The molecule has 19 heavy (non-hydrogen) atoms. The minimum Gasteiger partial charge on any atom is -0.409 e. The van der Waals surface area contributed by atoms with E-state index in [2.05, 4.69) is 5.32 Å². The summed E-state index contributed by atoms with van der Waals surface area (Å²) >= 11 is 5.74. The number of benzene rings is 2. The summed E-state index contributed by atoms with van der Waals surface area (Å²) in [5.74, 6) is 0.219. The van der Waals surface area contributed by atoms with Gasteiger partial charge in [0.25, 0.3) is 0 Å². The smallest absolute Gasteiger partial charge is 0.409 e. The Morgan fingerprint density at radius 2 is 1.84 bits per heavy atom. The molecule has 0 radical (unpaired) electrons. The fraction of sp³-hybridized carbons (Fsp3) is 0. The van der Waals surface area contributed by atoms with Gasteiger partial charge in [-0.25, -0.2) is 4.79 Å². The highest BCUT2D eigenvalue weighted by molar-refractivity contribution is 6.30. The van der Waals surface area contributed by atoms with Gasteiger partial charge in [-0.1, -0.05) is 23.7 Å². The summed E-state index contributed by atoms with van der Waals surface area (Å²) in [6.45, 7) is 0. The van der Waals surface area contributed by atoms with Gasteiger partial charge in [-0.15, -0.1) is 0 Å². The van der Waals surface area contributed by atoms with E-state index in [1.54, 1.807) is 48.5 Å². The number of halogens is 1. The fourth-order valence-electron chi connectivity index (χ4n) is 1.42. The molecule has 0 atom stereocenters. The minimum absolute atomic E-state index is 0.219. The predicted molar refractivity (Wildman–Crippen MR) is 72.3 cm³/mol. The molecule has 0 saturated heterocycles. The molecule has 0 bridgehead atoms. The molecule has 1 N–H and O–H groups in total. The Hall–Kier alpha value is -2.51. The Morgan fingerprint density at radius 3 is 2.53 bits per heavy atom. The third-order valence-electron chi connectivity index (χ3n) is 2.30. The van der Waals surface area contributed by atoms with Crippen molar-refractivity contribution in [3.63, 3.8) is 0 Å². The van der Waals surface area contributed by atoms with Gasteiger partial charge in [-0.2, -0.15) is 5.26 Å². The van der Waals surface area contributed by atoms with E-state index in [1.807, 2.05) is 6.07 Å². The lowest BCUT2D eigenvalue weighted by Gasteiger charge is -2.07. The fourth-order valence-corrected chi connectivity index (χ4v) is 1.55. The highest BCUT2D eigenvalue weighted by Crippen LogP contribution is 2.18. The van der Waals surface area contributed by atoms with E-state index < -0.39 is 6.09 Å². The number of carbonyl (C=O) groups is 1. The van der Waals surface area contributed by atoms with E-state index in [9.17, 15) is 4.79 Å². The number of rotatable bonds is 2. The van der Waals surface area contributed by atoms with Crippen LogP contribution >= 0.6 is 11.6 Å². The van der Waals surface area contributed by atoms with E-state index in [0.29, 0.717) is 16.3 Å². The van der Waals surface area contributed by atoms with E-state index in [4.69, 9.17) is 21.6 Å². The van der Waals surface area contributed by atoms with Crippen LogP contribution in [0.2, 0.25) is 5.02 Å². The summed E-state index contributed by atoms with van der Waals surface area (Å²) in [6, 6.07) is 15.1. The molecule has 1 amide bonds. The largest absolute Gasteiger partial charge is 0.417 e. The van der Waals surface area contributed by atoms with Crippen LogP contribution in [0.1, 0.15) is 5.56 Å². The number of ether oxygens (including phenoxy) is 1. The molecule has 0 spiro atoms. The monoisotopic (exact) mass is 272 g/mol. The van der Waals surface area contributed by atoms with Crippen LogP contribution in [0.5, 0.6) is 5.75 Å². The minimum atomic E-state index is -0.662. The van der Waals surface area contributed by atoms with Gasteiger partial charge in [-0.05, 0) is 36.4 Å². The van der Waals surface area contributed by atoms with Crippen LogP contribution in [-0.2, 0) is 0 Å². The van der Waals surface area contributed by atoms with Gasteiger partial charge in [-0.3, -0.25) is 5.32 Å². The zero-order chi connectivity index (χ0) is 13.7. The maximum absolute atomic E-state index is 11.7. The highest BCUT2D eigenvalue weighted by atomic mass is 35.5. The summed E-state index contributed by atoms with van der Waals surface area (Å²) < 4.78 is 5.07. The zero-order valence-electron chi connectivity index (χ0n) is 9.76. The van der Waals surface area contributed by atoms with E-state index in [1.165, 1.54) is 0 Å². The van der Waals surface area contributed by atoms with Gasteiger partial charge in [0, 0.05) is 10.7 Å². The van der Waals surface area contributed by atoms with Gasteiger partial charge in [0.2, 0.25) is 0 Å². The molecule has 0 aliphatic carbocycles. The number of nitrogens with zero attached hydrogens (tertiary/aromatic N) is 1. The van der Waals surface area contributed by atoms with Crippen molar-refractivity contribution in [3.05, 3.63) is 59.1 Å². The molecule has 5 heteroatoms. The van der Waals surface area contributed by atoms with Gasteiger partial charge in [0.1, 0.15) is 6.07 Å². The quantitative estimate of drug-likeness (QED) is 0.904. The predicted octanol–water partition coefficient (Wildman–Crippen LogP) is 3.82. The van der Waals surface area contributed by atoms with Crippen LogP contribution in [0.4, 0.5) is 10.5 Å². The Bertz CT molecular complexity index is 633. The molecule has 94 valence electrons. The van der Waals surface area contributed by atoms with Gasteiger partial charge < -0.3 is 4.74 Å². The maximum Gasteiger partial charge on any atom is 0.417 e. The standard InChI is InChI=1S/C14H9ClN2O2/c15-11-5-7-12(8-6-11)17-14(18)19-13-4-2-1-3-10(13)9-16/h1-8H,(H,17,18). The lowest BCUT2D eigenvalue weighted by Crippen LogP contribution is -2.17. The second-order valence-corrected chi connectivity index (χ2v) is 4.07. The molecule has 0 aliphatic heterocycles. The molecule has 2 aromatic carbocycles. The molecule has 4 nitrogen and oxygen atoms in total. The summed E-state index contributed by atoms with van der Waals surface area (Å²) in [5.41, 5.74) is 0.859. The lowest BCUT2D eigenvalue weighted by molar-refractivity contribution is 0.215. The number of anilines is 1. The highest BCUT2D eigenvalue weighted by Gasteiger charge is 2.08. The molecule has 0 saturated carbocycles. The Balaban J connectivity index is 2.06. The van der Waals surface area contributed by atoms with Crippen molar-refractivity contribution in [2.24, 2.45) is 0 Å². The SMILES string of the molecule is N#Cc1ccccc1OC(=O)Nc1ccc(Cl)cc1. The van der Waals surface area contributed by atoms with E-state index in [-0.39, 0.29) is 5.75 Å². The Labute approximate surface area is 115 Å². The summed E-state index contributed by atoms with van der Waals surface area (Å²) in [7, 11) is 0. The molecular weight excluding hydrogens is 264 g/mol. The molecule has 0 fully saturated rings. The van der Waals surface area contributed by atoms with Crippen molar-refractivity contribution in [3.8, 4) is 11.8 Å². The van der Waals surface area contributed by atoms with Crippen molar-refractivity contribution in [2.45, 2.75) is 0 Å². The van der Waals surface area contributed by atoms with Crippen molar-refractivity contribution in [2.75, 3.05) is 5.32 Å². The molecular formula is C14H9ClN2O2. The number of nitrogens with one attached hydrogen (secondary N) is 1. The molecule has 2 rings (SSSR count). The molecule has 0 heterocycles. The van der Waals surface area contributed by atoms with Crippen LogP contribution < -0.4 is 10.1 Å². The Kier molecular flexibility index (Phi) is 4.01. The average Bonchev–Trinajstić information content (AvgIpc) is 2.42. The number of hydrogen-bond donors (Lipinski definition) is 1. The number of amides is 1. The third-order valence-corrected chi connectivity index (χ3v) is 2.55. The number of para-hydroxylation sites is 1. The van der Waals surface area contributed by atoms with E-state index in [0.717, 1.165) is 0 Å². The molecule has 0 aromatic heterocycles. The summed E-state index contributed by atoms with van der Waals surface area (Å²) in [6.07, 6.45) is -0.662. The average molecular weight is 273 g/mol. The van der Waals surface area contributed by atoms with Gasteiger partial charge in [0.15, 0.2) is 5.75 Å². The number of carbonyl (C=O) groups excluding carboxylic acids is 1. The van der Waals surface area contributed by atoms with Gasteiger partial charge in [0.05, 0.1) is 5.56 Å². The van der Waals surface area contributed by atoms with Crippen molar-refractivity contribution in [1.82, 2.24) is 0 Å². The number of hydrogen-bond acceptors (Lipinski definition) is 3. The summed E-state index contributed by atoms with van der Waals surface area (Å²) in [4.78, 5) is 11.7. The van der Waals surface area contributed by atoms with Crippen LogP contribution in [0.25, 0.3) is 0 Å². The van der Waals surface area contributed by atoms with Crippen LogP contribution in [0, 0.1) is 11.3 Å². The van der Waals surface area contributed by atoms with Crippen molar-refractivity contribution < 1.29 is 9.53 Å². The van der Waals surface area contributed by atoms with Crippen LogP contribution in [-0.4, -0.2) is 6.09 Å². The third kappa shape index (κ3) is 3.47. The second kappa shape index (κ2) is 5.89. The normalized spacial score (nSPS) is 9.47. The first-order valence-electron chi connectivity index (χ1n) is 5.42. The molecule has 2 aromatic rings. The Morgan fingerprint density at radius 1 is 1.16 bits per heavy atom. The lowest BCUT2D eigenvalue weighted by atomic mass is 10.2. The first-order chi connectivity index (χ1) is 9.19. The molecule has 0 aliphatic rings. The van der Waals surface area contributed by atoms with Crippen molar-refractivity contribution in [1.29, 1.82) is 5.26 Å². The zero-order valence-corrected chi connectivity index (χ0v) is 10.5. The topological polar surface area (TPSA) is 62.1 Å². The maximum atomic E-state index is 11.7. The van der Waals surface area contributed by atoms with Crippen LogP contribution in [0.3, 0.4) is 0 Å². The van der Waals surface area contributed by atoms with E-state index >= 15 is 0 Å². The first kappa shape index (κ1) is 12.9. The summed E-state index contributed by atoms with van der Waals surface area (Å²) in [5, 5.41) is 12.0. The first-order valence-corrected chi connectivity index (χ1v) is 5.80. The number of nitriles is 1. The van der Waals surface area contributed by atoms with Crippen molar-refractivity contribution >= 4 is 23.4 Å². The van der Waals surface area contributed by atoms with Crippen LogP contribution in [0.15, 0.2) is 48.5 Å². The molecule has 0 unspecified atom stereocenters. The second-order valence-electron chi connectivity index (χ2n) is 3.63. The van der Waals surface area contributed by atoms with Gasteiger partial charge >= 0.3 is 6.09 Å².